The molecule has 1 fully saturated rings. The Labute approximate surface area is 138 Å². The molecule has 1 atom stereocenters. The highest BCUT2D eigenvalue weighted by Gasteiger charge is 2.19. The van der Waals surface area contributed by atoms with Crippen molar-refractivity contribution in [1.29, 1.82) is 0 Å². The number of hydrogen-bond acceptors (Lipinski definition) is 2. The lowest BCUT2D eigenvalue weighted by atomic mass is 9.97. The minimum Gasteiger partial charge on any atom is -0.493 e. The zero-order chi connectivity index (χ0) is 15.6. The highest BCUT2D eigenvalue weighted by molar-refractivity contribution is 5.86. The van der Waals surface area contributed by atoms with E-state index in [-0.39, 0.29) is 0 Å². The van der Waals surface area contributed by atoms with E-state index in [9.17, 15) is 0 Å². The first-order valence-electron chi connectivity index (χ1n) is 8.91. The predicted octanol–water partition coefficient (Wildman–Crippen LogP) is 4.20. The summed E-state index contributed by atoms with van der Waals surface area (Å²) in [5, 5.41) is 1.36. The molecule has 122 valence electrons. The first-order valence-corrected chi connectivity index (χ1v) is 8.91. The van der Waals surface area contributed by atoms with Gasteiger partial charge in [0.15, 0.2) is 0 Å². The number of nitrogens with zero attached hydrogens (tertiary/aromatic N) is 1. The maximum Gasteiger partial charge on any atom is 0.122 e. The molecule has 1 aromatic carbocycles. The third-order valence-electron chi connectivity index (χ3n) is 5.30. The number of aromatic nitrogens is 1. The largest absolute Gasteiger partial charge is 0.493 e. The molecule has 2 aliphatic rings. The average Bonchev–Trinajstić information content (AvgIpc) is 3.19. The van der Waals surface area contributed by atoms with Crippen molar-refractivity contribution in [3.05, 3.63) is 41.6 Å². The van der Waals surface area contributed by atoms with Crippen molar-refractivity contribution in [3.63, 3.8) is 0 Å². The Kier molecular flexibility index (Phi) is 4.13. The lowest BCUT2D eigenvalue weighted by Crippen LogP contribution is -2.14. The van der Waals surface area contributed by atoms with Crippen LogP contribution in [0.1, 0.15) is 36.8 Å². The minimum absolute atomic E-state index is 0.846. The number of rotatable bonds is 4. The molecule has 0 bridgehead atoms. The van der Waals surface area contributed by atoms with E-state index in [2.05, 4.69) is 47.4 Å². The zero-order valence-electron chi connectivity index (χ0n) is 14.0. The number of aryl methyl sites for hydroxylation is 1. The second-order valence-corrected chi connectivity index (χ2v) is 7.09. The molecule has 1 N–H and O–H groups in total. The quantitative estimate of drug-likeness (QED) is 0.916. The smallest absolute Gasteiger partial charge is 0.122 e. The number of benzene rings is 1. The van der Waals surface area contributed by atoms with Crippen LogP contribution in [-0.4, -0.2) is 36.6 Å². The Balaban J connectivity index is 1.54. The van der Waals surface area contributed by atoms with Gasteiger partial charge in [0, 0.05) is 29.2 Å². The first kappa shape index (κ1) is 14.8. The van der Waals surface area contributed by atoms with Crippen LogP contribution in [0.5, 0.6) is 0 Å². The number of aromatic amines is 1. The monoisotopic (exact) mass is 310 g/mol. The highest BCUT2D eigenvalue weighted by atomic mass is 16.5. The molecule has 0 saturated carbocycles. The third-order valence-corrected chi connectivity index (χ3v) is 5.30. The van der Waals surface area contributed by atoms with Crippen LogP contribution in [0.4, 0.5) is 0 Å². The molecule has 3 heteroatoms. The van der Waals surface area contributed by atoms with Gasteiger partial charge in [-0.15, -0.1) is 0 Å². The number of H-pyrrole nitrogens is 1. The molecule has 1 unspecified atom stereocenters. The topological polar surface area (TPSA) is 28.3 Å². The van der Waals surface area contributed by atoms with E-state index in [1.807, 2.05) is 0 Å². The van der Waals surface area contributed by atoms with Gasteiger partial charge >= 0.3 is 0 Å². The fraction of sp³-hybridized carbons (Fsp3) is 0.500. The van der Waals surface area contributed by atoms with Crippen molar-refractivity contribution in [3.8, 4) is 0 Å². The molecule has 0 aliphatic carbocycles. The molecule has 1 saturated heterocycles. The molecular formula is C20H26N2O. The molecule has 4 rings (SSSR count). The van der Waals surface area contributed by atoms with Crippen LogP contribution in [-0.2, 0) is 11.2 Å². The van der Waals surface area contributed by atoms with Crippen LogP contribution in [0, 0.1) is 5.92 Å². The second kappa shape index (κ2) is 6.40. The molecule has 3 heterocycles. The van der Waals surface area contributed by atoms with Gasteiger partial charge < -0.3 is 14.6 Å². The zero-order valence-corrected chi connectivity index (χ0v) is 14.0. The van der Waals surface area contributed by atoms with E-state index in [1.165, 1.54) is 54.4 Å². The number of ether oxygens (including phenoxy) is 1. The van der Waals surface area contributed by atoms with Crippen LogP contribution < -0.4 is 0 Å². The molecule has 3 nitrogen and oxygen atoms in total. The predicted molar refractivity (Wildman–Crippen MR) is 95.4 cm³/mol. The van der Waals surface area contributed by atoms with E-state index < -0.39 is 0 Å². The Morgan fingerprint density at radius 1 is 1.35 bits per heavy atom. The fourth-order valence-corrected chi connectivity index (χ4v) is 3.92. The summed E-state index contributed by atoms with van der Waals surface area (Å²) in [4.78, 5) is 5.88. The maximum absolute atomic E-state index is 5.83. The molecule has 0 amide bonds. The Morgan fingerprint density at radius 3 is 3.09 bits per heavy atom. The van der Waals surface area contributed by atoms with Gasteiger partial charge in [-0.05, 0) is 81.5 Å². The summed E-state index contributed by atoms with van der Waals surface area (Å²) < 4.78 is 5.83. The van der Waals surface area contributed by atoms with Crippen LogP contribution in [0.15, 0.2) is 30.5 Å². The van der Waals surface area contributed by atoms with Crippen LogP contribution in [0.2, 0.25) is 0 Å². The van der Waals surface area contributed by atoms with Gasteiger partial charge in [-0.1, -0.05) is 0 Å². The van der Waals surface area contributed by atoms with E-state index in [1.54, 1.807) is 0 Å². The van der Waals surface area contributed by atoms with Gasteiger partial charge in [0.25, 0.3) is 0 Å². The molecular weight excluding hydrogens is 284 g/mol. The summed E-state index contributed by atoms with van der Waals surface area (Å²) in [5.74, 6) is 1.92. The van der Waals surface area contributed by atoms with Crippen LogP contribution in [0.25, 0.3) is 16.7 Å². The summed E-state index contributed by atoms with van der Waals surface area (Å²) in [6, 6.07) is 6.67. The van der Waals surface area contributed by atoms with Gasteiger partial charge in [-0.3, -0.25) is 0 Å². The van der Waals surface area contributed by atoms with Gasteiger partial charge in [-0.2, -0.15) is 0 Å². The van der Waals surface area contributed by atoms with E-state index in [0.29, 0.717) is 0 Å². The van der Waals surface area contributed by atoms with E-state index in [0.717, 1.165) is 31.1 Å². The number of nitrogens with one attached hydrogen (secondary N) is 1. The summed E-state index contributed by atoms with van der Waals surface area (Å²) in [5.41, 5.74) is 3.91. The third kappa shape index (κ3) is 3.16. The molecule has 2 aromatic rings. The molecule has 2 aliphatic heterocycles. The summed E-state index contributed by atoms with van der Waals surface area (Å²) in [6.07, 6.45) is 10.5. The van der Waals surface area contributed by atoms with Gasteiger partial charge in [0.2, 0.25) is 0 Å². The molecule has 0 radical (unpaired) electrons. The lowest BCUT2D eigenvalue weighted by molar-refractivity contribution is 0.259. The van der Waals surface area contributed by atoms with Crippen molar-refractivity contribution < 1.29 is 4.74 Å². The highest BCUT2D eigenvalue weighted by Crippen LogP contribution is 2.28. The van der Waals surface area contributed by atoms with E-state index in [4.69, 9.17) is 4.74 Å². The summed E-state index contributed by atoms with van der Waals surface area (Å²) in [6.45, 7) is 3.36. The van der Waals surface area contributed by atoms with E-state index >= 15 is 0 Å². The van der Waals surface area contributed by atoms with Crippen molar-refractivity contribution in [1.82, 2.24) is 9.88 Å². The number of fused-ring (bicyclic) bond motifs is 1. The minimum atomic E-state index is 0.846. The second-order valence-electron chi connectivity index (χ2n) is 7.09. The molecule has 23 heavy (non-hydrogen) atoms. The number of allylic oxidation sites excluding steroid dienone is 1. The van der Waals surface area contributed by atoms with Crippen molar-refractivity contribution >= 4 is 16.7 Å². The fourth-order valence-electron chi connectivity index (χ4n) is 3.92. The SMILES string of the molecule is CN1CCC(CCc2c[nH]c3ccc(C4=CCCCO4)cc23)C1. The maximum atomic E-state index is 5.83. The van der Waals surface area contributed by atoms with Crippen molar-refractivity contribution in [2.75, 3.05) is 26.7 Å². The Morgan fingerprint density at radius 2 is 2.30 bits per heavy atom. The molecule has 1 aromatic heterocycles. The number of hydrogen-bond donors (Lipinski definition) is 1. The number of likely N-dealkylation sites (tertiary alicyclic amines) is 1. The lowest BCUT2D eigenvalue weighted by Gasteiger charge is -2.15. The molecule has 0 spiro atoms. The standard InChI is InChI=1S/C20H26N2O/c1-22-10-9-15(14-22)5-6-17-13-21-19-8-7-16(12-18(17)19)20-4-2-3-11-23-20/h4,7-8,12-13,15,21H,2-3,5-6,9-11,14H2,1H3. The average molecular weight is 310 g/mol. The van der Waals surface area contributed by atoms with Gasteiger partial charge in [-0.25, -0.2) is 0 Å². The van der Waals surface area contributed by atoms with Gasteiger partial charge in [0.05, 0.1) is 6.61 Å². The normalized spacial score (nSPS) is 22.3. The van der Waals surface area contributed by atoms with Crippen molar-refractivity contribution in [2.24, 2.45) is 5.92 Å². The Bertz CT molecular complexity index is 716. The first-order chi connectivity index (χ1) is 11.3. The summed E-state index contributed by atoms with van der Waals surface area (Å²) >= 11 is 0. The van der Waals surface area contributed by atoms with Crippen LogP contribution >= 0.6 is 0 Å². The van der Waals surface area contributed by atoms with Crippen molar-refractivity contribution in [2.45, 2.75) is 32.1 Å². The van der Waals surface area contributed by atoms with Crippen LogP contribution in [0.3, 0.4) is 0 Å². The summed E-state index contributed by atoms with van der Waals surface area (Å²) in [7, 11) is 2.23. The van der Waals surface area contributed by atoms with Gasteiger partial charge in [0.1, 0.15) is 5.76 Å². The Hall–Kier alpha value is -1.74.